The summed E-state index contributed by atoms with van der Waals surface area (Å²) in [5.74, 6) is 0.104. The van der Waals surface area contributed by atoms with Gasteiger partial charge >= 0.3 is 5.97 Å². The van der Waals surface area contributed by atoms with Crippen molar-refractivity contribution in [3.63, 3.8) is 0 Å². The van der Waals surface area contributed by atoms with Crippen LogP contribution in [0.5, 0.6) is 0 Å². The molecule has 0 radical (unpaired) electrons. The van der Waals surface area contributed by atoms with Crippen LogP contribution in [0.25, 0.3) is 0 Å². The predicted molar refractivity (Wildman–Crippen MR) is 61.6 cm³/mol. The SMILES string of the molecule is O=C(O)c1ccc2c(c1)N1CC=CC=C1N2. The van der Waals surface area contributed by atoms with E-state index in [1.165, 1.54) is 0 Å². The third-order valence-corrected chi connectivity index (χ3v) is 2.77. The van der Waals surface area contributed by atoms with E-state index >= 15 is 0 Å². The van der Waals surface area contributed by atoms with Crippen LogP contribution in [0.15, 0.2) is 42.2 Å². The van der Waals surface area contributed by atoms with Crippen LogP contribution in [0.4, 0.5) is 11.4 Å². The van der Waals surface area contributed by atoms with Gasteiger partial charge in [-0.15, -0.1) is 0 Å². The Kier molecular flexibility index (Phi) is 1.77. The number of hydrogen-bond donors (Lipinski definition) is 2. The van der Waals surface area contributed by atoms with Gasteiger partial charge in [0.1, 0.15) is 5.82 Å². The molecule has 2 aliphatic heterocycles. The molecule has 4 nitrogen and oxygen atoms in total. The summed E-state index contributed by atoms with van der Waals surface area (Å²) >= 11 is 0. The number of aromatic carboxylic acids is 1. The number of benzene rings is 1. The highest BCUT2D eigenvalue weighted by atomic mass is 16.4. The summed E-state index contributed by atoms with van der Waals surface area (Å²) in [6.45, 7) is 0.773. The molecular weight excluding hydrogens is 204 g/mol. The Balaban J connectivity index is 2.09. The standard InChI is InChI=1S/C12H10N2O2/c15-12(16)8-4-5-9-10(7-8)14-6-2-1-3-11(14)13-9/h1-5,7,13H,6H2,(H,15,16). The first-order chi connectivity index (χ1) is 7.75. The molecule has 0 aliphatic carbocycles. The summed E-state index contributed by atoms with van der Waals surface area (Å²) in [6, 6.07) is 5.11. The molecule has 2 heterocycles. The molecule has 2 N–H and O–H groups in total. The zero-order valence-corrected chi connectivity index (χ0v) is 8.47. The molecule has 80 valence electrons. The van der Waals surface area contributed by atoms with Crippen molar-refractivity contribution >= 4 is 17.3 Å². The smallest absolute Gasteiger partial charge is 0.335 e. The number of carboxylic acids is 1. The molecule has 0 unspecified atom stereocenters. The van der Waals surface area contributed by atoms with Gasteiger partial charge in [0.05, 0.1) is 16.9 Å². The summed E-state index contributed by atoms with van der Waals surface area (Å²) in [5, 5.41) is 12.2. The second kappa shape index (κ2) is 3.13. The van der Waals surface area contributed by atoms with E-state index in [-0.39, 0.29) is 0 Å². The lowest BCUT2D eigenvalue weighted by molar-refractivity contribution is 0.0697. The molecule has 0 saturated carbocycles. The Labute approximate surface area is 92.5 Å². The molecule has 0 amide bonds. The number of carbonyl (C=O) groups is 1. The molecule has 0 atom stereocenters. The number of rotatable bonds is 1. The number of nitrogens with zero attached hydrogens (tertiary/aromatic N) is 1. The van der Waals surface area contributed by atoms with Crippen LogP contribution < -0.4 is 10.2 Å². The third kappa shape index (κ3) is 1.20. The molecule has 3 rings (SSSR count). The van der Waals surface area contributed by atoms with Gasteiger partial charge in [-0.1, -0.05) is 12.2 Å². The Morgan fingerprint density at radius 3 is 3.12 bits per heavy atom. The van der Waals surface area contributed by atoms with Gasteiger partial charge in [-0.3, -0.25) is 0 Å². The first-order valence-electron chi connectivity index (χ1n) is 5.04. The largest absolute Gasteiger partial charge is 0.478 e. The lowest BCUT2D eigenvalue weighted by Crippen LogP contribution is -2.22. The average molecular weight is 214 g/mol. The van der Waals surface area contributed by atoms with Gasteiger partial charge in [0, 0.05) is 6.54 Å². The second-order valence-electron chi connectivity index (χ2n) is 3.75. The van der Waals surface area contributed by atoms with Gasteiger partial charge in [-0.25, -0.2) is 4.79 Å². The van der Waals surface area contributed by atoms with Crippen molar-refractivity contribution in [1.29, 1.82) is 0 Å². The Morgan fingerprint density at radius 1 is 1.44 bits per heavy atom. The first-order valence-corrected chi connectivity index (χ1v) is 5.04. The van der Waals surface area contributed by atoms with Crippen LogP contribution in [0.3, 0.4) is 0 Å². The number of nitrogens with one attached hydrogen (secondary N) is 1. The number of carboxylic acid groups (broad SMARTS) is 1. The molecule has 1 aromatic carbocycles. The Bertz CT molecular complexity index is 532. The lowest BCUT2D eigenvalue weighted by Gasteiger charge is -2.20. The van der Waals surface area contributed by atoms with E-state index in [4.69, 9.17) is 5.11 Å². The zero-order valence-electron chi connectivity index (χ0n) is 8.47. The van der Waals surface area contributed by atoms with E-state index in [0.717, 1.165) is 23.7 Å². The van der Waals surface area contributed by atoms with Crippen molar-refractivity contribution in [2.75, 3.05) is 16.8 Å². The van der Waals surface area contributed by atoms with Gasteiger partial charge < -0.3 is 15.3 Å². The molecule has 0 aromatic heterocycles. The summed E-state index contributed by atoms with van der Waals surface area (Å²) in [4.78, 5) is 13.0. The lowest BCUT2D eigenvalue weighted by atomic mass is 10.1. The monoisotopic (exact) mass is 214 g/mol. The van der Waals surface area contributed by atoms with Crippen LogP contribution in [0, 0.1) is 0 Å². The minimum atomic E-state index is -0.896. The maximum absolute atomic E-state index is 10.9. The van der Waals surface area contributed by atoms with E-state index in [9.17, 15) is 4.79 Å². The van der Waals surface area contributed by atoms with Crippen molar-refractivity contribution in [3.8, 4) is 0 Å². The van der Waals surface area contributed by atoms with Crippen molar-refractivity contribution in [2.24, 2.45) is 0 Å². The van der Waals surface area contributed by atoms with Gasteiger partial charge in [0.2, 0.25) is 0 Å². The van der Waals surface area contributed by atoms with Crippen molar-refractivity contribution < 1.29 is 9.90 Å². The molecule has 16 heavy (non-hydrogen) atoms. The minimum absolute atomic E-state index is 0.316. The number of hydrogen-bond acceptors (Lipinski definition) is 3. The van der Waals surface area contributed by atoms with Crippen LogP contribution in [0.2, 0.25) is 0 Å². The molecule has 0 fully saturated rings. The van der Waals surface area contributed by atoms with E-state index < -0.39 is 5.97 Å². The highest BCUT2D eigenvalue weighted by Crippen LogP contribution is 2.37. The summed E-state index contributed by atoms with van der Waals surface area (Å²) in [6.07, 6.45) is 6.00. The highest BCUT2D eigenvalue weighted by molar-refractivity contribution is 5.93. The minimum Gasteiger partial charge on any atom is -0.478 e. The predicted octanol–water partition coefficient (Wildman–Crippen LogP) is 2.03. The van der Waals surface area contributed by atoms with Gasteiger partial charge in [-0.05, 0) is 24.3 Å². The molecule has 0 saturated heterocycles. The fourth-order valence-corrected chi connectivity index (χ4v) is 1.98. The van der Waals surface area contributed by atoms with E-state index in [0.29, 0.717) is 5.56 Å². The van der Waals surface area contributed by atoms with Crippen molar-refractivity contribution in [3.05, 3.63) is 47.8 Å². The van der Waals surface area contributed by atoms with Crippen LogP contribution >= 0.6 is 0 Å². The third-order valence-electron chi connectivity index (χ3n) is 2.77. The molecule has 2 aliphatic rings. The highest BCUT2D eigenvalue weighted by Gasteiger charge is 2.24. The van der Waals surface area contributed by atoms with Crippen molar-refractivity contribution in [2.45, 2.75) is 0 Å². The maximum atomic E-state index is 10.9. The van der Waals surface area contributed by atoms with Crippen LogP contribution in [-0.2, 0) is 0 Å². The van der Waals surface area contributed by atoms with E-state index in [1.54, 1.807) is 18.2 Å². The Morgan fingerprint density at radius 2 is 2.31 bits per heavy atom. The van der Waals surface area contributed by atoms with Crippen molar-refractivity contribution in [1.82, 2.24) is 0 Å². The average Bonchev–Trinajstić information content (AvgIpc) is 2.66. The molecule has 0 spiro atoms. The van der Waals surface area contributed by atoms with Crippen LogP contribution in [0.1, 0.15) is 10.4 Å². The summed E-state index contributed by atoms with van der Waals surface area (Å²) in [7, 11) is 0. The Hall–Kier alpha value is -2.23. The quantitative estimate of drug-likeness (QED) is 0.751. The zero-order chi connectivity index (χ0) is 11.1. The first kappa shape index (κ1) is 9.03. The molecule has 0 bridgehead atoms. The summed E-state index contributed by atoms with van der Waals surface area (Å²) in [5.41, 5.74) is 2.20. The van der Waals surface area contributed by atoms with Gasteiger partial charge in [0.25, 0.3) is 0 Å². The van der Waals surface area contributed by atoms with Gasteiger partial charge in [0.15, 0.2) is 0 Å². The van der Waals surface area contributed by atoms with Crippen LogP contribution in [-0.4, -0.2) is 17.6 Å². The number of anilines is 2. The van der Waals surface area contributed by atoms with Gasteiger partial charge in [-0.2, -0.15) is 0 Å². The fraction of sp³-hybridized carbons (Fsp3) is 0.0833. The summed E-state index contributed by atoms with van der Waals surface area (Å²) < 4.78 is 0. The second-order valence-corrected chi connectivity index (χ2v) is 3.75. The normalized spacial score (nSPS) is 16.2. The molecule has 4 heteroatoms. The maximum Gasteiger partial charge on any atom is 0.335 e. The topological polar surface area (TPSA) is 52.6 Å². The number of allylic oxidation sites excluding steroid dienone is 2. The van der Waals surface area contributed by atoms with E-state index in [2.05, 4.69) is 10.2 Å². The fourth-order valence-electron chi connectivity index (χ4n) is 1.98. The number of fused-ring (bicyclic) bond motifs is 3. The molecular formula is C12H10N2O2. The molecule has 1 aromatic rings. The van der Waals surface area contributed by atoms with E-state index in [1.807, 2.05) is 18.2 Å².